The van der Waals surface area contributed by atoms with Crippen LogP contribution in [0.25, 0.3) is 0 Å². The van der Waals surface area contributed by atoms with Crippen molar-refractivity contribution in [2.75, 3.05) is 6.54 Å². The lowest BCUT2D eigenvalue weighted by atomic mass is 9.80. The first-order valence-corrected chi connectivity index (χ1v) is 7.66. The summed E-state index contributed by atoms with van der Waals surface area (Å²) in [6, 6.07) is 4.36. The van der Waals surface area contributed by atoms with Crippen molar-refractivity contribution in [3.8, 4) is 0 Å². The van der Waals surface area contributed by atoms with E-state index < -0.39 is 23.5 Å². The van der Waals surface area contributed by atoms with Crippen molar-refractivity contribution in [2.24, 2.45) is 5.92 Å². The van der Waals surface area contributed by atoms with Crippen LogP contribution in [0.1, 0.15) is 44.0 Å². The van der Waals surface area contributed by atoms with Gasteiger partial charge in [0, 0.05) is 20.0 Å². The van der Waals surface area contributed by atoms with Crippen molar-refractivity contribution in [1.29, 1.82) is 0 Å². The maximum absolute atomic E-state index is 14.6. The van der Waals surface area contributed by atoms with Crippen molar-refractivity contribution in [3.63, 3.8) is 0 Å². The summed E-state index contributed by atoms with van der Waals surface area (Å²) in [5, 5.41) is 11.8. The number of carboxylic acids is 1. The van der Waals surface area contributed by atoms with Crippen LogP contribution < -0.4 is 5.32 Å². The molecule has 0 spiro atoms. The number of nitrogens with zero attached hydrogens (tertiary/aromatic N) is 1. The molecule has 0 aliphatic heterocycles. The molecule has 0 amide bonds. The molecular weight excluding hydrogens is 309 g/mol. The number of hydrogen-bond donors (Lipinski definition) is 2. The minimum Gasteiger partial charge on any atom is -0.481 e. The summed E-state index contributed by atoms with van der Waals surface area (Å²) in [6.07, 6.45) is 1.03. The van der Waals surface area contributed by atoms with Gasteiger partial charge in [-0.2, -0.15) is 8.78 Å². The number of alkyl halides is 3. The van der Waals surface area contributed by atoms with Gasteiger partial charge in [-0.05, 0) is 37.8 Å². The second-order valence-electron chi connectivity index (χ2n) is 6.27. The molecule has 0 aromatic carbocycles. The first-order chi connectivity index (χ1) is 10.7. The number of aliphatic carboxylic acids is 1. The van der Waals surface area contributed by atoms with Gasteiger partial charge in [-0.25, -0.2) is 4.39 Å². The van der Waals surface area contributed by atoms with E-state index in [0.29, 0.717) is 18.5 Å². The summed E-state index contributed by atoms with van der Waals surface area (Å²) < 4.78 is 41.0. The van der Waals surface area contributed by atoms with Gasteiger partial charge in [0.05, 0.1) is 11.6 Å². The Balaban J connectivity index is 1.84. The Hall–Kier alpha value is -1.63. The number of carboxylic acid groups (broad SMARTS) is 1. The zero-order valence-corrected chi connectivity index (χ0v) is 13.0. The molecule has 1 aromatic heterocycles. The van der Waals surface area contributed by atoms with Crippen molar-refractivity contribution < 1.29 is 23.1 Å². The number of nitrogens with one attached hydrogen (secondary N) is 1. The number of hydrogen-bond acceptors (Lipinski definition) is 3. The molecule has 128 valence electrons. The number of carbonyl (C=O) groups is 1. The molecule has 7 heteroatoms. The smallest absolute Gasteiger partial charge is 0.306 e. The molecule has 1 aliphatic carbocycles. The first-order valence-electron chi connectivity index (χ1n) is 7.66. The highest BCUT2D eigenvalue weighted by molar-refractivity contribution is 5.70. The fraction of sp³-hybridized carbons (Fsp3) is 0.625. The summed E-state index contributed by atoms with van der Waals surface area (Å²) in [4.78, 5) is 14.7. The molecule has 0 radical (unpaired) electrons. The van der Waals surface area contributed by atoms with E-state index in [2.05, 4.69) is 10.3 Å². The fourth-order valence-electron chi connectivity index (χ4n) is 2.80. The standard InChI is InChI=1S/C16H21F3N2O2/c1-15(17,18)13-4-2-3-12(21-13)9-20-10-16(19)7-5-11(6-8-16)14(22)23/h2-4,11,20H,5-10H2,1H3,(H,22,23). The normalized spacial score (nSPS) is 25.3. The average Bonchev–Trinajstić information content (AvgIpc) is 2.47. The van der Waals surface area contributed by atoms with E-state index in [-0.39, 0.29) is 31.6 Å². The van der Waals surface area contributed by atoms with Crippen molar-refractivity contribution in [2.45, 2.75) is 50.7 Å². The highest BCUT2D eigenvalue weighted by Gasteiger charge is 2.37. The molecule has 1 saturated carbocycles. The summed E-state index contributed by atoms with van der Waals surface area (Å²) in [7, 11) is 0. The summed E-state index contributed by atoms with van der Waals surface area (Å²) in [5.41, 5.74) is -1.33. The molecule has 1 fully saturated rings. The second-order valence-corrected chi connectivity index (χ2v) is 6.27. The third kappa shape index (κ3) is 4.92. The number of halogens is 3. The molecule has 2 rings (SSSR count). The minimum absolute atomic E-state index is 0.0633. The molecule has 23 heavy (non-hydrogen) atoms. The lowest BCUT2D eigenvalue weighted by Gasteiger charge is -2.32. The largest absolute Gasteiger partial charge is 0.481 e. The quantitative estimate of drug-likeness (QED) is 0.840. The molecule has 0 unspecified atom stereocenters. The van der Waals surface area contributed by atoms with Crippen LogP contribution in [-0.4, -0.2) is 28.3 Å². The Morgan fingerprint density at radius 3 is 2.65 bits per heavy atom. The van der Waals surface area contributed by atoms with E-state index >= 15 is 0 Å². The molecule has 1 aromatic rings. The number of pyridine rings is 1. The minimum atomic E-state index is -3.01. The predicted octanol–water partition coefficient (Wildman–Crippen LogP) is 3.27. The van der Waals surface area contributed by atoms with E-state index in [1.807, 2.05) is 0 Å². The molecule has 2 N–H and O–H groups in total. The van der Waals surface area contributed by atoms with E-state index in [1.165, 1.54) is 12.1 Å². The van der Waals surface area contributed by atoms with Crippen molar-refractivity contribution in [1.82, 2.24) is 10.3 Å². The van der Waals surface area contributed by atoms with Crippen LogP contribution in [0, 0.1) is 5.92 Å². The van der Waals surface area contributed by atoms with Crippen molar-refractivity contribution >= 4 is 5.97 Å². The Bertz CT molecular complexity index is 553. The van der Waals surface area contributed by atoms with E-state index in [1.54, 1.807) is 6.07 Å². The summed E-state index contributed by atoms with van der Waals surface area (Å²) >= 11 is 0. The van der Waals surface area contributed by atoms with Gasteiger partial charge in [-0.3, -0.25) is 9.78 Å². The molecular formula is C16H21F3N2O2. The average molecular weight is 330 g/mol. The van der Waals surface area contributed by atoms with Gasteiger partial charge < -0.3 is 10.4 Å². The lowest BCUT2D eigenvalue weighted by Crippen LogP contribution is -2.41. The monoisotopic (exact) mass is 330 g/mol. The van der Waals surface area contributed by atoms with Crippen LogP contribution in [0.3, 0.4) is 0 Å². The predicted molar refractivity (Wildman–Crippen MR) is 78.9 cm³/mol. The topological polar surface area (TPSA) is 62.2 Å². The molecule has 4 nitrogen and oxygen atoms in total. The van der Waals surface area contributed by atoms with Crippen LogP contribution in [0.5, 0.6) is 0 Å². The van der Waals surface area contributed by atoms with Gasteiger partial charge in [0.25, 0.3) is 5.92 Å². The molecule has 0 atom stereocenters. The Kier molecular flexibility index (Phi) is 5.29. The molecule has 1 heterocycles. The van der Waals surface area contributed by atoms with Crippen LogP contribution >= 0.6 is 0 Å². The van der Waals surface area contributed by atoms with Gasteiger partial charge in [-0.1, -0.05) is 6.07 Å². The van der Waals surface area contributed by atoms with E-state index in [0.717, 1.165) is 6.92 Å². The molecule has 0 saturated heterocycles. The maximum atomic E-state index is 14.6. The second kappa shape index (κ2) is 6.86. The van der Waals surface area contributed by atoms with Crippen LogP contribution in [-0.2, 0) is 17.3 Å². The highest BCUT2D eigenvalue weighted by Crippen LogP contribution is 2.34. The lowest BCUT2D eigenvalue weighted by molar-refractivity contribution is -0.143. The third-order valence-corrected chi connectivity index (χ3v) is 4.24. The van der Waals surface area contributed by atoms with E-state index in [4.69, 9.17) is 5.11 Å². The van der Waals surface area contributed by atoms with Crippen LogP contribution in [0.2, 0.25) is 0 Å². The number of aromatic nitrogens is 1. The van der Waals surface area contributed by atoms with E-state index in [9.17, 15) is 18.0 Å². The third-order valence-electron chi connectivity index (χ3n) is 4.24. The zero-order chi connectivity index (χ0) is 17.1. The highest BCUT2D eigenvalue weighted by atomic mass is 19.3. The first kappa shape index (κ1) is 17.7. The Labute approximate surface area is 133 Å². The zero-order valence-electron chi connectivity index (χ0n) is 13.0. The van der Waals surface area contributed by atoms with Crippen LogP contribution in [0.4, 0.5) is 13.2 Å². The maximum Gasteiger partial charge on any atom is 0.306 e. The summed E-state index contributed by atoms with van der Waals surface area (Å²) in [6.45, 7) is 1.04. The Morgan fingerprint density at radius 1 is 1.43 bits per heavy atom. The SMILES string of the molecule is CC(F)(F)c1cccc(CNCC2(F)CCC(C(=O)O)CC2)n1. The fourth-order valence-corrected chi connectivity index (χ4v) is 2.80. The van der Waals surface area contributed by atoms with Crippen molar-refractivity contribution in [3.05, 3.63) is 29.6 Å². The number of rotatable bonds is 6. The molecule has 0 bridgehead atoms. The Morgan fingerprint density at radius 2 is 2.09 bits per heavy atom. The van der Waals surface area contributed by atoms with Gasteiger partial charge >= 0.3 is 5.97 Å². The van der Waals surface area contributed by atoms with Gasteiger partial charge in [0.15, 0.2) is 0 Å². The van der Waals surface area contributed by atoms with Gasteiger partial charge in [0.1, 0.15) is 11.4 Å². The van der Waals surface area contributed by atoms with Crippen LogP contribution in [0.15, 0.2) is 18.2 Å². The van der Waals surface area contributed by atoms with Gasteiger partial charge in [-0.15, -0.1) is 0 Å². The molecule has 1 aliphatic rings. The summed E-state index contributed by atoms with van der Waals surface area (Å²) in [5.74, 6) is -4.35. The van der Waals surface area contributed by atoms with Gasteiger partial charge in [0.2, 0.25) is 0 Å².